The molecule has 1 aromatic rings. The van der Waals surface area contributed by atoms with E-state index in [-0.39, 0.29) is 0 Å². The second-order valence-electron chi connectivity index (χ2n) is 6.99. The van der Waals surface area contributed by atoms with Gasteiger partial charge in [0, 0.05) is 24.1 Å². The number of rotatable bonds is 9. The summed E-state index contributed by atoms with van der Waals surface area (Å²) in [5, 5.41) is 3.62. The van der Waals surface area contributed by atoms with Crippen LogP contribution in [0.5, 0.6) is 0 Å². The van der Waals surface area contributed by atoms with Gasteiger partial charge in [0.05, 0.1) is 0 Å². The molecule has 0 heterocycles. The van der Waals surface area contributed by atoms with Gasteiger partial charge >= 0.3 is 0 Å². The molecular weight excluding hydrogens is 324 g/mol. The molecule has 0 aliphatic carbocycles. The van der Waals surface area contributed by atoms with Gasteiger partial charge in [0.15, 0.2) is 0 Å². The Labute approximate surface area is 139 Å². The zero-order valence-corrected chi connectivity index (χ0v) is 15.8. The van der Waals surface area contributed by atoms with Crippen molar-refractivity contribution in [1.29, 1.82) is 0 Å². The average molecular weight is 355 g/mol. The van der Waals surface area contributed by atoms with Crippen molar-refractivity contribution in [2.45, 2.75) is 40.7 Å². The molecule has 120 valence electrons. The van der Waals surface area contributed by atoms with Crippen molar-refractivity contribution in [3.63, 3.8) is 0 Å². The van der Waals surface area contributed by atoms with Crippen LogP contribution in [0, 0.1) is 11.3 Å². The molecule has 0 saturated carbocycles. The van der Waals surface area contributed by atoms with Gasteiger partial charge in [0.25, 0.3) is 0 Å². The molecule has 0 radical (unpaired) electrons. The van der Waals surface area contributed by atoms with Crippen LogP contribution in [0.3, 0.4) is 0 Å². The standard InChI is InChI=1S/C18H31BrN2/c1-6-18(4,13-20-11-15(2)3)14-21(5)12-16-7-9-17(19)10-8-16/h7-10,15,20H,6,11-14H2,1-5H3. The van der Waals surface area contributed by atoms with Crippen molar-refractivity contribution in [3.8, 4) is 0 Å². The minimum absolute atomic E-state index is 0.332. The van der Waals surface area contributed by atoms with Crippen LogP contribution in [0.15, 0.2) is 28.7 Å². The quantitative estimate of drug-likeness (QED) is 0.699. The third-order valence-corrected chi connectivity index (χ3v) is 4.50. The highest BCUT2D eigenvalue weighted by Crippen LogP contribution is 2.22. The van der Waals surface area contributed by atoms with Crippen molar-refractivity contribution in [2.24, 2.45) is 11.3 Å². The van der Waals surface area contributed by atoms with Gasteiger partial charge in [0.1, 0.15) is 0 Å². The molecule has 0 aliphatic rings. The minimum Gasteiger partial charge on any atom is -0.316 e. The van der Waals surface area contributed by atoms with Gasteiger partial charge in [-0.2, -0.15) is 0 Å². The largest absolute Gasteiger partial charge is 0.316 e. The number of benzene rings is 1. The summed E-state index contributed by atoms with van der Waals surface area (Å²) in [5.41, 5.74) is 1.70. The van der Waals surface area contributed by atoms with Gasteiger partial charge in [-0.3, -0.25) is 0 Å². The third kappa shape index (κ3) is 7.44. The second kappa shape index (κ2) is 8.92. The van der Waals surface area contributed by atoms with Crippen molar-refractivity contribution in [2.75, 3.05) is 26.7 Å². The zero-order chi connectivity index (χ0) is 15.9. The average Bonchev–Trinajstić information content (AvgIpc) is 2.41. The SMILES string of the molecule is CCC(C)(CNCC(C)C)CN(C)Cc1ccc(Br)cc1. The van der Waals surface area contributed by atoms with Crippen LogP contribution in [-0.4, -0.2) is 31.6 Å². The van der Waals surface area contributed by atoms with E-state index in [0.29, 0.717) is 11.3 Å². The molecule has 0 bridgehead atoms. The topological polar surface area (TPSA) is 15.3 Å². The molecule has 0 amide bonds. The number of hydrogen-bond acceptors (Lipinski definition) is 2. The van der Waals surface area contributed by atoms with E-state index >= 15 is 0 Å². The lowest BCUT2D eigenvalue weighted by atomic mass is 9.86. The van der Waals surface area contributed by atoms with Crippen molar-refractivity contribution in [3.05, 3.63) is 34.3 Å². The summed E-state index contributed by atoms with van der Waals surface area (Å²) in [5.74, 6) is 0.714. The van der Waals surface area contributed by atoms with E-state index in [2.05, 4.69) is 85.2 Å². The van der Waals surface area contributed by atoms with Crippen molar-refractivity contribution < 1.29 is 0 Å². The summed E-state index contributed by atoms with van der Waals surface area (Å²) in [6.45, 7) is 13.5. The number of halogens is 1. The van der Waals surface area contributed by atoms with Gasteiger partial charge in [0.2, 0.25) is 0 Å². The molecule has 21 heavy (non-hydrogen) atoms. The molecule has 1 rings (SSSR count). The Kier molecular flexibility index (Phi) is 7.93. The normalized spacial score (nSPS) is 14.7. The summed E-state index contributed by atoms with van der Waals surface area (Å²) in [6, 6.07) is 8.63. The Morgan fingerprint density at radius 3 is 2.38 bits per heavy atom. The fraction of sp³-hybridized carbons (Fsp3) is 0.667. The molecule has 1 atom stereocenters. The first-order valence-electron chi connectivity index (χ1n) is 7.98. The lowest BCUT2D eigenvalue weighted by Crippen LogP contribution is -2.41. The molecule has 0 fully saturated rings. The Hall–Kier alpha value is -0.380. The molecule has 1 aromatic carbocycles. The van der Waals surface area contributed by atoms with Crippen LogP contribution < -0.4 is 5.32 Å². The summed E-state index contributed by atoms with van der Waals surface area (Å²) in [7, 11) is 2.22. The summed E-state index contributed by atoms with van der Waals surface area (Å²) < 4.78 is 1.14. The Balaban J connectivity index is 2.48. The second-order valence-corrected chi connectivity index (χ2v) is 7.90. The molecule has 0 aromatic heterocycles. The fourth-order valence-corrected chi connectivity index (χ4v) is 2.83. The Bertz CT molecular complexity index is 402. The maximum atomic E-state index is 3.62. The van der Waals surface area contributed by atoms with Gasteiger partial charge in [-0.15, -0.1) is 0 Å². The highest BCUT2D eigenvalue weighted by molar-refractivity contribution is 9.10. The predicted octanol–water partition coefficient (Wildman–Crippen LogP) is 4.54. The highest BCUT2D eigenvalue weighted by Gasteiger charge is 2.23. The summed E-state index contributed by atoms with van der Waals surface area (Å²) in [4.78, 5) is 2.43. The van der Waals surface area contributed by atoms with E-state index in [1.165, 1.54) is 12.0 Å². The van der Waals surface area contributed by atoms with Crippen LogP contribution in [0.4, 0.5) is 0 Å². The maximum absolute atomic E-state index is 3.62. The van der Waals surface area contributed by atoms with E-state index in [1.807, 2.05) is 0 Å². The first kappa shape index (κ1) is 18.7. The Morgan fingerprint density at radius 1 is 1.24 bits per heavy atom. The van der Waals surface area contributed by atoms with Crippen molar-refractivity contribution >= 4 is 15.9 Å². The first-order chi connectivity index (χ1) is 9.84. The molecule has 0 saturated heterocycles. The van der Waals surface area contributed by atoms with Gasteiger partial charge in [-0.1, -0.05) is 55.8 Å². The molecule has 1 unspecified atom stereocenters. The third-order valence-electron chi connectivity index (χ3n) is 3.98. The predicted molar refractivity (Wildman–Crippen MR) is 96.6 cm³/mol. The van der Waals surface area contributed by atoms with Crippen molar-refractivity contribution in [1.82, 2.24) is 10.2 Å². The smallest absolute Gasteiger partial charge is 0.0230 e. The van der Waals surface area contributed by atoms with Crippen LogP contribution in [0.25, 0.3) is 0 Å². The lowest BCUT2D eigenvalue weighted by Gasteiger charge is -2.33. The monoisotopic (exact) mass is 354 g/mol. The van der Waals surface area contributed by atoms with Crippen LogP contribution >= 0.6 is 15.9 Å². The Morgan fingerprint density at radius 2 is 1.86 bits per heavy atom. The highest BCUT2D eigenvalue weighted by atomic mass is 79.9. The van der Waals surface area contributed by atoms with E-state index in [9.17, 15) is 0 Å². The van der Waals surface area contributed by atoms with E-state index in [4.69, 9.17) is 0 Å². The van der Waals surface area contributed by atoms with Gasteiger partial charge in [-0.25, -0.2) is 0 Å². The molecule has 1 N–H and O–H groups in total. The lowest BCUT2D eigenvalue weighted by molar-refractivity contribution is 0.174. The molecule has 2 nitrogen and oxygen atoms in total. The molecule has 3 heteroatoms. The van der Waals surface area contributed by atoms with E-state index in [1.54, 1.807) is 0 Å². The molecular formula is C18H31BrN2. The van der Waals surface area contributed by atoms with Crippen LogP contribution in [0.1, 0.15) is 39.7 Å². The molecule has 0 spiro atoms. The minimum atomic E-state index is 0.332. The van der Waals surface area contributed by atoms with E-state index < -0.39 is 0 Å². The summed E-state index contributed by atoms with van der Waals surface area (Å²) in [6.07, 6.45) is 1.20. The fourth-order valence-electron chi connectivity index (χ4n) is 2.56. The van der Waals surface area contributed by atoms with Crippen LogP contribution in [0.2, 0.25) is 0 Å². The van der Waals surface area contributed by atoms with E-state index in [0.717, 1.165) is 30.7 Å². The number of hydrogen-bond donors (Lipinski definition) is 1. The van der Waals surface area contributed by atoms with Gasteiger partial charge in [-0.05, 0) is 49.0 Å². The zero-order valence-electron chi connectivity index (χ0n) is 14.2. The summed E-state index contributed by atoms with van der Waals surface area (Å²) >= 11 is 3.49. The molecule has 0 aliphatic heterocycles. The van der Waals surface area contributed by atoms with Crippen LogP contribution in [-0.2, 0) is 6.54 Å². The number of nitrogens with zero attached hydrogens (tertiary/aromatic N) is 1. The maximum Gasteiger partial charge on any atom is 0.0230 e. The first-order valence-corrected chi connectivity index (χ1v) is 8.77. The number of nitrogens with one attached hydrogen (secondary N) is 1. The van der Waals surface area contributed by atoms with Gasteiger partial charge < -0.3 is 10.2 Å².